The summed E-state index contributed by atoms with van der Waals surface area (Å²) in [4.78, 5) is 140. The van der Waals surface area contributed by atoms with Crippen LogP contribution in [0, 0.1) is 87.2 Å². The van der Waals surface area contributed by atoms with Crippen molar-refractivity contribution in [2.24, 2.45) is 0 Å². The van der Waals surface area contributed by atoms with Crippen LogP contribution in [0.1, 0.15) is 197 Å². The Morgan fingerprint density at radius 2 is 0.886 bits per heavy atom. The summed E-state index contributed by atoms with van der Waals surface area (Å²) in [5.41, 5.74) is 15.5. The van der Waals surface area contributed by atoms with Crippen molar-refractivity contribution in [1.82, 2.24) is 37.5 Å². The fourth-order valence-corrected chi connectivity index (χ4v) is 18.2. The highest BCUT2D eigenvalue weighted by Gasteiger charge is 2.29. The number of benzene rings is 2. The molecule has 0 fully saturated rings. The van der Waals surface area contributed by atoms with Gasteiger partial charge < -0.3 is 70.8 Å². The van der Waals surface area contributed by atoms with Crippen molar-refractivity contribution in [2.45, 2.75) is 144 Å². The molecule has 0 saturated heterocycles. The molecule has 0 aliphatic carbocycles. The van der Waals surface area contributed by atoms with Crippen molar-refractivity contribution in [2.75, 3.05) is 46.2 Å². The van der Waals surface area contributed by atoms with E-state index in [0.29, 0.717) is 75.9 Å². The highest BCUT2D eigenvalue weighted by Crippen LogP contribution is 2.33. The van der Waals surface area contributed by atoms with Gasteiger partial charge in [-0.25, -0.2) is 64.6 Å². The van der Waals surface area contributed by atoms with Crippen molar-refractivity contribution < 1.29 is 103 Å². The van der Waals surface area contributed by atoms with E-state index in [2.05, 4.69) is 74.2 Å². The van der Waals surface area contributed by atoms with Crippen LogP contribution in [0.2, 0.25) is 0 Å². The quantitative estimate of drug-likeness (QED) is 0.0176. The average Bonchev–Trinajstić information content (AvgIpc) is 1.60. The largest absolute Gasteiger partial charge is 0.463 e. The Hall–Kier alpha value is -12.0. The molecule has 2 atom stereocenters. The second-order valence-corrected chi connectivity index (χ2v) is 37.8. The monoisotopic (exact) mass is 2030 g/mol. The van der Waals surface area contributed by atoms with Gasteiger partial charge in [0.15, 0.2) is 27.6 Å². The van der Waals surface area contributed by atoms with E-state index in [0.717, 1.165) is 90.0 Å². The lowest BCUT2D eigenvalue weighted by Gasteiger charge is -2.15. The number of rotatable bonds is 23. The molecule has 14 rings (SSSR count). The van der Waals surface area contributed by atoms with Gasteiger partial charge in [-0.15, -0.1) is 90.7 Å². The summed E-state index contributed by atoms with van der Waals surface area (Å²) >= 11 is 15.5. The molecule has 2 aromatic carbocycles. The van der Waals surface area contributed by atoms with Crippen LogP contribution in [0.3, 0.4) is 0 Å². The number of aliphatic hydroxyl groups is 1. The summed E-state index contributed by atoms with van der Waals surface area (Å²) in [6.07, 6.45) is 17.3. The first-order valence-corrected chi connectivity index (χ1v) is 47.5. The Kier molecular flexibility index (Phi) is 51.4. The van der Waals surface area contributed by atoms with Crippen molar-refractivity contribution in [3.8, 4) is 11.5 Å². The Morgan fingerprint density at radius 1 is 0.470 bits per heavy atom. The maximum atomic E-state index is 11.8. The van der Waals surface area contributed by atoms with E-state index < -0.39 is 36.1 Å². The molecule has 132 heavy (non-hydrogen) atoms. The number of hydrogen-bond donors (Lipinski definition) is 3. The Balaban J connectivity index is 0.000000504. The van der Waals surface area contributed by atoms with Gasteiger partial charge in [0.1, 0.15) is 46.9 Å². The number of aliphatic hydroxyl groups excluding tert-OH is 1. The third-order valence-electron chi connectivity index (χ3n) is 16.4. The number of nitrogens with one attached hydrogen (secondary N) is 2. The highest BCUT2D eigenvalue weighted by atomic mass is 79.9. The van der Waals surface area contributed by atoms with Gasteiger partial charge in [0.25, 0.3) is 0 Å². The van der Waals surface area contributed by atoms with Gasteiger partial charge >= 0.3 is 47.8 Å². The normalized spacial score (nSPS) is 10.4. The molecule has 2 unspecified atom stereocenters. The zero-order chi connectivity index (χ0) is 97.7. The fourth-order valence-electron chi connectivity index (χ4n) is 10.8. The lowest BCUT2D eigenvalue weighted by atomic mass is 10.1. The minimum absolute atomic E-state index is 0. The predicted molar refractivity (Wildman–Crippen MR) is 526 cm³/mol. The molecular weight excluding hydrogens is 1920 g/mol. The smallest absolute Gasteiger partial charge is 0.340 e. The summed E-state index contributed by atoms with van der Waals surface area (Å²) in [7, 11) is 0. The molecule has 5 N–H and O–H groups in total. The zero-order valence-corrected chi connectivity index (χ0v) is 84.7. The Bertz CT molecular complexity index is 5900. The highest BCUT2D eigenvalue weighted by molar-refractivity contribution is 9.11. The molecule has 12 heterocycles. The number of nitrogens with zero attached hydrogens (tertiary/aromatic N) is 8. The topological polar surface area (TPSA) is 422 Å². The van der Waals surface area contributed by atoms with Crippen LogP contribution < -0.4 is 4.74 Å². The summed E-state index contributed by atoms with van der Waals surface area (Å²) < 4.78 is 53.4. The van der Waals surface area contributed by atoms with Crippen LogP contribution in [-0.4, -0.2) is 155 Å². The van der Waals surface area contributed by atoms with E-state index in [1.807, 2.05) is 204 Å². The molecular formula is C92H111BrN10O21S8. The molecule has 0 bridgehead atoms. The van der Waals surface area contributed by atoms with Gasteiger partial charge in [0.2, 0.25) is 0 Å². The lowest BCUT2D eigenvalue weighted by Crippen LogP contribution is -2.18. The van der Waals surface area contributed by atoms with E-state index in [4.69, 9.17) is 49.0 Å². The molecule has 710 valence electrons. The molecule has 31 nitrogen and oxygen atoms in total. The number of carbonyl (C=O) groups excluding carboxylic acids is 10. The predicted octanol–water partition coefficient (Wildman–Crippen LogP) is 22.2. The second-order valence-electron chi connectivity index (χ2n) is 26.4. The van der Waals surface area contributed by atoms with Crippen molar-refractivity contribution in [1.29, 1.82) is 11.1 Å². The first-order valence-electron chi connectivity index (χ1n) is 40.1. The average molecular weight is 2030 g/mol. The zero-order valence-electron chi connectivity index (χ0n) is 76.6. The van der Waals surface area contributed by atoms with E-state index in [-0.39, 0.29) is 55.1 Å². The van der Waals surface area contributed by atoms with E-state index in [1.165, 1.54) is 71.8 Å². The Morgan fingerprint density at radius 3 is 1.27 bits per heavy atom. The van der Waals surface area contributed by atoms with Gasteiger partial charge in [0, 0.05) is 126 Å². The summed E-state index contributed by atoms with van der Waals surface area (Å²) in [5.74, 6) is -1.44. The molecule has 0 spiro atoms. The number of fused-ring (bicyclic) bond motifs is 4. The van der Waals surface area contributed by atoms with Gasteiger partial charge in [-0.3, -0.25) is 14.4 Å². The minimum Gasteiger partial charge on any atom is -0.463 e. The summed E-state index contributed by atoms with van der Waals surface area (Å²) in [6.45, 7) is 47.9. The van der Waals surface area contributed by atoms with E-state index in [9.17, 15) is 53.1 Å². The number of aromatic nitrogens is 8. The number of para-hydroxylation sites is 2. The fraction of sp³-hybridized carbons (Fsp3) is 0.304. The van der Waals surface area contributed by atoms with E-state index >= 15 is 0 Å². The van der Waals surface area contributed by atoms with Gasteiger partial charge in [-0.2, -0.15) is 0 Å². The van der Waals surface area contributed by atoms with Gasteiger partial charge in [0.05, 0.1) is 85.2 Å². The third kappa shape index (κ3) is 36.3. The standard InChI is InChI=1S/C12H15NO4S.C12H13NO3S.C12H10O.2C11H13NO2S.C10H13NO3S.C10H11NO2S.C5H5NOS.C5H8O2.C4H4BrNS.H2N2.H2O.H2/c1-5-16-12(15)8(3)10(17-9(4)14)11-13-6-7(2)18-11;1-4-16-12(15)10-8(3)13-5-7(2)17-11(13)9(10)6-14;1-3-7-11(8-4-1)13-12-9-5-2-6-10-12;2*1-4-14-11(13)9-5-10-12(8(9)3)6-7(2)15-10;1-4-14-10(13)7(3)8(12)9-11-5-6(2)15-9;1-3-13-10(12)8-4-9-11(6-8)5-7(2)14-9;1-4-2-6-5(3-7)8-4;1-3-5(6)7-4-2;1-3-2-6-4(5)7-3;1-2;;/h6,10H,3,5H2,1-2,4H3;5-6H,4H2,1-3H3;1-10H;2*5-6H,4H2,1-3H3;5,8,12H,3-4H2,1-2H3;4-6H,3H2,1-2H3;2-3H,1H3;3H,1,4H2,2H3;2H,1H3;1-2H;1H2;1H. The lowest BCUT2D eigenvalue weighted by molar-refractivity contribution is -0.148. The molecule has 40 heteroatoms. The van der Waals surface area contributed by atoms with Crippen LogP contribution in [0.5, 0.6) is 11.5 Å². The number of esters is 8. The minimum atomic E-state index is -1.07. The number of halogens is 1. The molecule has 0 radical (unpaired) electrons. The first kappa shape index (κ1) is 114. The van der Waals surface area contributed by atoms with Crippen molar-refractivity contribution in [3.05, 3.63) is 274 Å². The number of thiazole rings is 8. The van der Waals surface area contributed by atoms with Gasteiger partial charge in [-0.1, -0.05) is 56.1 Å². The molecule has 14 aromatic rings. The molecule has 12 aromatic heterocycles. The molecule has 0 amide bonds. The number of hydrogen-bond acceptors (Lipinski definition) is 34. The van der Waals surface area contributed by atoms with Crippen LogP contribution in [0.25, 0.3) is 19.3 Å². The van der Waals surface area contributed by atoms with Crippen LogP contribution >= 0.6 is 107 Å². The maximum Gasteiger partial charge on any atom is 0.340 e. The van der Waals surface area contributed by atoms with Crippen LogP contribution in [0.15, 0.2) is 176 Å². The van der Waals surface area contributed by atoms with Crippen molar-refractivity contribution in [3.63, 3.8) is 0 Å². The number of carbonyl (C=O) groups is 10. The number of aldehydes is 2. The molecule has 0 saturated carbocycles. The Labute approximate surface area is 807 Å². The molecule has 0 aliphatic rings. The summed E-state index contributed by atoms with van der Waals surface area (Å²) in [6, 6.07) is 25.2. The number of aryl methyl sites for hydroxylation is 11. The van der Waals surface area contributed by atoms with Gasteiger partial charge in [-0.05, 0) is 183 Å². The number of ether oxygens (including phenoxy) is 9. The third-order valence-corrected chi connectivity index (χ3v) is 24.5. The maximum absolute atomic E-state index is 11.8. The SMILES string of the molecule is C=C(C(=O)OCC)C(O)c1ncc(C)s1.C=C(C(=O)OCC)C(OC(C)=O)c1ncc(C)s1.C=CC(=O)OCC.CCOC(=O)c1c(C=O)c2sc(C)cn2c1C.CCOC(=O)c1cc2sc(C)cn2c1.CCOC(=O)c1cc2sc(C)cn2c1C.CCOC(=O)c1cc2sc(C)cn2c1C.Cc1cnc(Br)s1.Cc1cnc(C=O)s1.N=N.O.[HH].c1ccc(Oc2ccccc2)cc1. The summed E-state index contributed by atoms with van der Waals surface area (Å²) in [5, 5.41) is 11.3. The van der Waals surface area contributed by atoms with E-state index in [1.54, 1.807) is 105 Å². The van der Waals surface area contributed by atoms with Crippen LogP contribution in [0.4, 0.5) is 0 Å². The molecule has 0 aliphatic heterocycles. The first-order chi connectivity index (χ1) is 62.4. The van der Waals surface area contributed by atoms with Crippen molar-refractivity contribution >= 4 is 186 Å². The second kappa shape index (κ2) is 59.4. The van der Waals surface area contributed by atoms with Crippen LogP contribution in [-0.2, 0) is 57.1 Å².